The molecule has 1 aliphatic heterocycles. The maximum absolute atomic E-state index is 12.2. The zero-order valence-electron chi connectivity index (χ0n) is 13.6. The van der Waals surface area contributed by atoms with Crippen LogP contribution in [0.15, 0.2) is 18.2 Å². The van der Waals surface area contributed by atoms with Crippen LogP contribution >= 0.6 is 24.0 Å². The van der Waals surface area contributed by atoms with Gasteiger partial charge in [0.05, 0.1) is 17.3 Å². The Kier molecular flexibility index (Phi) is 6.41. The smallest absolute Gasteiger partial charge is 0.272 e. The minimum Gasteiger partial charge on any atom is -0.342 e. The quantitative estimate of drug-likeness (QED) is 0.646. The molecule has 0 bridgehead atoms. The molecule has 1 aromatic heterocycles. The molecule has 25 heavy (non-hydrogen) atoms. The van der Waals surface area contributed by atoms with Gasteiger partial charge in [-0.25, -0.2) is 0 Å². The Morgan fingerprint density at radius 2 is 2.16 bits per heavy atom. The molecule has 2 amide bonds. The average molecular weight is 384 g/mol. The Balaban J connectivity index is 0.00000225. The van der Waals surface area contributed by atoms with E-state index < -0.39 is 0 Å². The maximum atomic E-state index is 12.2. The lowest BCUT2D eigenvalue weighted by molar-refractivity contribution is -0.115. The summed E-state index contributed by atoms with van der Waals surface area (Å²) >= 11 is 6.07. The number of aryl methyl sites for hydroxylation is 1. The number of amides is 2. The van der Waals surface area contributed by atoms with Crippen molar-refractivity contribution in [3.63, 3.8) is 0 Å². The molecule has 2 heterocycles. The van der Waals surface area contributed by atoms with Gasteiger partial charge in [0.1, 0.15) is 0 Å². The summed E-state index contributed by atoms with van der Waals surface area (Å²) in [7, 11) is 0. The molecular weight excluding hydrogens is 365 g/mol. The molecule has 4 N–H and O–H groups in total. The molecule has 0 spiro atoms. The molecule has 0 atom stereocenters. The zero-order chi connectivity index (χ0) is 17.1. The van der Waals surface area contributed by atoms with Crippen LogP contribution in [0.4, 0.5) is 5.69 Å². The number of nitrogens with zero attached hydrogens (tertiary/aromatic N) is 1. The van der Waals surface area contributed by atoms with E-state index in [9.17, 15) is 9.59 Å². The van der Waals surface area contributed by atoms with Crippen molar-refractivity contribution >= 4 is 41.5 Å². The highest BCUT2D eigenvalue weighted by molar-refractivity contribution is 6.33. The summed E-state index contributed by atoms with van der Waals surface area (Å²) in [5.74, 6) is -0.724. The molecule has 134 valence electrons. The van der Waals surface area contributed by atoms with E-state index in [-0.39, 0.29) is 30.8 Å². The highest BCUT2D eigenvalue weighted by Crippen LogP contribution is 2.22. The lowest BCUT2D eigenvalue weighted by atomic mass is 10.1. The summed E-state index contributed by atoms with van der Waals surface area (Å²) in [4.78, 5) is 24.2. The highest BCUT2D eigenvalue weighted by Gasteiger charge is 2.21. The summed E-state index contributed by atoms with van der Waals surface area (Å²) < 4.78 is 0. The molecule has 1 aromatic carbocycles. The number of hydrogen-bond acceptors (Lipinski definition) is 4. The van der Waals surface area contributed by atoms with E-state index in [4.69, 9.17) is 11.6 Å². The number of fused-ring (bicyclic) bond motifs is 1. The Hall–Kier alpha value is -2.09. The summed E-state index contributed by atoms with van der Waals surface area (Å²) in [5.41, 5.74) is 3.68. The molecule has 7 nitrogen and oxygen atoms in total. The van der Waals surface area contributed by atoms with Crippen molar-refractivity contribution in [1.82, 2.24) is 20.8 Å². The van der Waals surface area contributed by atoms with Crippen molar-refractivity contribution in [3.8, 4) is 0 Å². The van der Waals surface area contributed by atoms with E-state index in [0.29, 0.717) is 22.9 Å². The van der Waals surface area contributed by atoms with E-state index in [0.717, 1.165) is 29.8 Å². The summed E-state index contributed by atoms with van der Waals surface area (Å²) in [6, 6.07) is 5.34. The lowest BCUT2D eigenvalue weighted by Gasteiger charge is -2.13. The van der Waals surface area contributed by atoms with Gasteiger partial charge in [-0.15, -0.1) is 12.4 Å². The zero-order valence-corrected chi connectivity index (χ0v) is 15.2. The fourth-order valence-electron chi connectivity index (χ4n) is 2.57. The van der Waals surface area contributed by atoms with Crippen LogP contribution in [0, 0.1) is 6.92 Å². The van der Waals surface area contributed by atoms with E-state index >= 15 is 0 Å². The van der Waals surface area contributed by atoms with Crippen LogP contribution in [0.2, 0.25) is 5.02 Å². The van der Waals surface area contributed by atoms with E-state index in [1.165, 1.54) is 0 Å². The van der Waals surface area contributed by atoms with E-state index in [1.54, 1.807) is 12.1 Å². The SMILES string of the molecule is Cc1ccc(NC(=O)CNC(=O)c2n[nH]c3c2CNCC3)c(Cl)c1.Cl. The summed E-state index contributed by atoms with van der Waals surface area (Å²) in [6.45, 7) is 3.21. The summed E-state index contributed by atoms with van der Waals surface area (Å²) in [6.07, 6.45) is 0.808. The number of aromatic amines is 1. The average Bonchev–Trinajstić information content (AvgIpc) is 2.99. The molecule has 9 heteroatoms. The summed E-state index contributed by atoms with van der Waals surface area (Å²) in [5, 5.41) is 15.8. The molecule has 0 unspecified atom stereocenters. The van der Waals surface area contributed by atoms with Crippen LogP contribution in [0.1, 0.15) is 27.3 Å². The fourth-order valence-corrected chi connectivity index (χ4v) is 2.86. The first kappa shape index (κ1) is 19.2. The Morgan fingerprint density at radius 3 is 2.92 bits per heavy atom. The monoisotopic (exact) mass is 383 g/mol. The van der Waals surface area contributed by atoms with Crippen molar-refractivity contribution in [1.29, 1.82) is 0 Å². The number of nitrogens with one attached hydrogen (secondary N) is 4. The van der Waals surface area contributed by atoms with Crippen LogP contribution in [0.3, 0.4) is 0 Å². The Labute approximate surface area is 156 Å². The molecule has 1 aliphatic rings. The van der Waals surface area contributed by atoms with Crippen LogP contribution in [-0.4, -0.2) is 35.1 Å². The number of hydrogen-bond donors (Lipinski definition) is 4. The van der Waals surface area contributed by atoms with Gasteiger partial charge in [0.25, 0.3) is 5.91 Å². The lowest BCUT2D eigenvalue weighted by Crippen LogP contribution is -2.34. The minimum atomic E-state index is -0.374. The first-order chi connectivity index (χ1) is 11.5. The maximum Gasteiger partial charge on any atom is 0.272 e. The largest absolute Gasteiger partial charge is 0.342 e. The third-order valence-electron chi connectivity index (χ3n) is 3.83. The van der Waals surface area contributed by atoms with Gasteiger partial charge in [-0.05, 0) is 24.6 Å². The second-order valence-corrected chi connectivity index (χ2v) is 6.08. The number of carbonyl (C=O) groups excluding carboxylic acids is 2. The Morgan fingerprint density at radius 1 is 1.36 bits per heavy atom. The van der Waals surface area contributed by atoms with Gasteiger partial charge in [-0.2, -0.15) is 5.10 Å². The van der Waals surface area contributed by atoms with Crippen molar-refractivity contribution in [2.45, 2.75) is 19.9 Å². The molecule has 2 aromatic rings. The van der Waals surface area contributed by atoms with Gasteiger partial charge in [0.15, 0.2) is 5.69 Å². The molecule has 0 saturated heterocycles. The van der Waals surface area contributed by atoms with Gasteiger partial charge in [0.2, 0.25) is 5.91 Å². The first-order valence-electron chi connectivity index (χ1n) is 7.65. The number of aromatic nitrogens is 2. The third-order valence-corrected chi connectivity index (χ3v) is 4.14. The van der Waals surface area contributed by atoms with Crippen molar-refractivity contribution in [3.05, 3.63) is 45.7 Å². The van der Waals surface area contributed by atoms with Crippen LogP contribution in [-0.2, 0) is 17.8 Å². The van der Waals surface area contributed by atoms with Crippen molar-refractivity contribution < 1.29 is 9.59 Å². The Bertz CT molecular complexity index is 791. The van der Waals surface area contributed by atoms with Gasteiger partial charge in [-0.3, -0.25) is 14.7 Å². The van der Waals surface area contributed by atoms with Gasteiger partial charge >= 0.3 is 0 Å². The van der Waals surface area contributed by atoms with Gasteiger partial charge < -0.3 is 16.0 Å². The molecule has 0 saturated carbocycles. The van der Waals surface area contributed by atoms with Crippen molar-refractivity contribution in [2.75, 3.05) is 18.4 Å². The van der Waals surface area contributed by atoms with Crippen LogP contribution in [0.5, 0.6) is 0 Å². The predicted molar refractivity (Wildman–Crippen MR) is 98.4 cm³/mol. The number of H-pyrrole nitrogens is 1. The van der Waals surface area contributed by atoms with Gasteiger partial charge in [0, 0.05) is 30.8 Å². The third kappa shape index (κ3) is 4.50. The molecule has 0 radical (unpaired) electrons. The van der Waals surface area contributed by atoms with E-state index in [2.05, 4.69) is 26.1 Å². The second kappa shape index (κ2) is 8.33. The van der Waals surface area contributed by atoms with E-state index in [1.807, 2.05) is 13.0 Å². The number of rotatable bonds is 4. The molecule has 0 aliphatic carbocycles. The number of carbonyl (C=O) groups is 2. The minimum absolute atomic E-state index is 0. The highest BCUT2D eigenvalue weighted by atomic mass is 35.5. The van der Waals surface area contributed by atoms with Crippen LogP contribution < -0.4 is 16.0 Å². The topological polar surface area (TPSA) is 98.9 Å². The van der Waals surface area contributed by atoms with Crippen LogP contribution in [0.25, 0.3) is 0 Å². The standard InChI is InChI=1S/C16H18ClN5O2.ClH/c1-9-2-3-13(11(17)6-9)20-14(23)8-19-16(24)15-10-7-18-5-4-12(10)21-22-15;/h2-3,6,18H,4-5,7-8H2,1H3,(H,19,24)(H,20,23)(H,21,22);1H. The van der Waals surface area contributed by atoms with Crippen molar-refractivity contribution in [2.24, 2.45) is 0 Å². The number of benzene rings is 1. The van der Waals surface area contributed by atoms with Gasteiger partial charge in [-0.1, -0.05) is 17.7 Å². The predicted octanol–water partition coefficient (Wildman–Crippen LogP) is 1.81. The molecule has 3 rings (SSSR count). The number of anilines is 1. The number of halogens is 2. The molecular formula is C16H19Cl2N5O2. The second-order valence-electron chi connectivity index (χ2n) is 5.67. The molecule has 0 fully saturated rings. The fraction of sp³-hybridized carbons (Fsp3) is 0.312. The first-order valence-corrected chi connectivity index (χ1v) is 8.03. The normalized spacial score (nSPS) is 12.7.